The van der Waals surface area contributed by atoms with Gasteiger partial charge in [0.15, 0.2) is 0 Å². The molecule has 4 heterocycles. The summed E-state index contributed by atoms with van der Waals surface area (Å²) >= 11 is 0. The van der Waals surface area contributed by atoms with Gasteiger partial charge in [0.1, 0.15) is 22.8 Å². The van der Waals surface area contributed by atoms with Gasteiger partial charge in [0.25, 0.3) is 11.8 Å². The Balaban J connectivity index is 1.26. The normalized spacial score (nSPS) is 18.0. The lowest BCUT2D eigenvalue weighted by Crippen LogP contribution is -2.46. The van der Waals surface area contributed by atoms with Gasteiger partial charge in [-0.1, -0.05) is 52.8 Å². The summed E-state index contributed by atoms with van der Waals surface area (Å²) in [5.41, 5.74) is 2.91. The number of hydrogen-bond acceptors (Lipinski definition) is 8. The third kappa shape index (κ3) is 7.28. The van der Waals surface area contributed by atoms with Crippen LogP contribution >= 0.6 is 0 Å². The van der Waals surface area contributed by atoms with E-state index in [1.807, 2.05) is 65.3 Å². The van der Waals surface area contributed by atoms with Gasteiger partial charge in [-0.05, 0) is 63.8 Å². The largest absolute Gasteiger partial charge is 0.492 e. The van der Waals surface area contributed by atoms with E-state index >= 15 is 0 Å². The Morgan fingerprint density at radius 2 is 1.67 bits per heavy atom. The minimum atomic E-state index is -0.134. The van der Waals surface area contributed by atoms with Crippen LogP contribution in [0.2, 0.25) is 0 Å². The molecule has 1 spiro atoms. The summed E-state index contributed by atoms with van der Waals surface area (Å²) in [5, 5.41) is 8.05. The topological polar surface area (TPSA) is 105 Å². The Hall–Kier alpha value is -4.44. The maximum absolute atomic E-state index is 14.2. The number of carbonyl (C=O) groups is 2. The first kappa shape index (κ1) is 30.6. The molecule has 1 fully saturated rings. The van der Waals surface area contributed by atoms with E-state index in [9.17, 15) is 9.59 Å². The lowest BCUT2D eigenvalue weighted by Gasteiger charge is -2.42. The molecule has 0 saturated carbocycles. The summed E-state index contributed by atoms with van der Waals surface area (Å²) in [6, 6.07) is 19.6. The molecule has 10 nitrogen and oxygen atoms in total. The van der Waals surface area contributed by atoms with Crippen molar-refractivity contribution in [1.82, 2.24) is 25.0 Å². The zero-order valence-corrected chi connectivity index (χ0v) is 26.1. The molecule has 0 radical (unpaired) electrons. The number of benzene rings is 2. The summed E-state index contributed by atoms with van der Waals surface area (Å²) in [6.07, 6.45) is 5.01. The summed E-state index contributed by atoms with van der Waals surface area (Å²) in [5.74, 6) is 1.83. The summed E-state index contributed by atoms with van der Waals surface area (Å²) in [7, 11) is 0. The van der Waals surface area contributed by atoms with Gasteiger partial charge in [-0.2, -0.15) is 0 Å². The van der Waals surface area contributed by atoms with Crippen LogP contribution in [-0.4, -0.2) is 76.2 Å². The molecule has 2 amide bonds. The maximum Gasteiger partial charge on any atom is 0.259 e. The van der Waals surface area contributed by atoms with Crippen LogP contribution in [0.15, 0.2) is 75.9 Å². The molecule has 0 unspecified atom stereocenters. The van der Waals surface area contributed by atoms with Gasteiger partial charge in [0.05, 0.1) is 24.1 Å². The highest BCUT2D eigenvalue weighted by molar-refractivity contribution is 5.97. The van der Waals surface area contributed by atoms with Crippen LogP contribution in [0.25, 0.3) is 0 Å². The highest BCUT2D eigenvalue weighted by Crippen LogP contribution is 2.38. The predicted molar refractivity (Wildman–Crippen MR) is 168 cm³/mol. The van der Waals surface area contributed by atoms with Gasteiger partial charge in [-0.15, -0.1) is 0 Å². The number of amides is 2. The second kappa shape index (κ2) is 13.7. The molecule has 6 rings (SSSR count). The van der Waals surface area contributed by atoms with Crippen LogP contribution in [0.4, 0.5) is 0 Å². The van der Waals surface area contributed by atoms with E-state index < -0.39 is 0 Å². The van der Waals surface area contributed by atoms with Gasteiger partial charge >= 0.3 is 0 Å². The molecule has 236 valence electrons. The van der Waals surface area contributed by atoms with Gasteiger partial charge in [0, 0.05) is 50.7 Å². The molecule has 2 aromatic heterocycles. The molecular weight excluding hydrogens is 570 g/mol. The van der Waals surface area contributed by atoms with Gasteiger partial charge in [-0.25, -0.2) is 0 Å². The van der Waals surface area contributed by atoms with Crippen molar-refractivity contribution in [3.05, 3.63) is 101 Å². The molecule has 1 saturated heterocycles. The molecular formula is C35H41N5O5. The number of ether oxygens (including phenoxy) is 1. The Morgan fingerprint density at radius 1 is 0.889 bits per heavy atom. The number of piperidine rings is 1. The zero-order chi connectivity index (χ0) is 31.2. The quantitative estimate of drug-likeness (QED) is 0.291. The number of rotatable bonds is 5. The monoisotopic (exact) mass is 611 g/mol. The Labute approximate surface area is 263 Å². The molecule has 45 heavy (non-hydrogen) atoms. The van der Waals surface area contributed by atoms with Crippen molar-refractivity contribution >= 4 is 11.8 Å². The van der Waals surface area contributed by atoms with Crippen LogP contribution in [0.3, 0.4) is 0 Å². The molecule has 0 bridgehead atoms. The van der Waals surface area contributed by atoms with E-state index in [1.165, 1.54) is 6.20 Å². The first-order valence-corrected chi connectivity index (χ1v) is 15.8. The minimum Gasteiger partial charge on any atom is -0.492 e. The second-order valence-electron chi connectivity index (χ2n) is 12.4. The Bertz CT molecular complexity index is 1590. The maximum atomic E-state index is 14.2. The van der Waals surface area contributed by atoms with Crippen LogP contribution in [-0.2, 0) is 13.1 Å². The van der Waals surface area contributed by atoms with E-state index in [1.54, 1.807) is 6.92 Å². The molecule has 2 aromatic carbocycles. The molecule has 10 heteroatoms. The van der Waals surface area contributed by atoms with E-state index in [4.69, 9.17) is 13.8 Å². The van der Waals surface area contributed by atoms with Crippen molar-refractivity contribution in [3.8, 4) is 5.75 Å². The number of aromatic nitrogens is 2. The number of likely N-dealkylation sites (tertiary alicyclic amines) is 1. The third-order valence-corrected chi connectivity index (χ3v) is 9.18. The number of aryl methyl sites for hydroxylation is 2. The van der Waals surface area contributed by atoms with Crippen molar-refractivity contribution < 1.29 is 23.4 Å². The fourth-order valence-electron chi connectivity index (χ4n) is 6.48. The Morgan fingerprint density at radius 3 is 2.40 bits per heavy atom. The minimum absolute atomic E-state index is 0.0438. The van der Waals surface area contributed by atoms with Crippen LogP contribution < -0.4 is 4.74 Å². The lowest BCUT2D eigenvalue weighted by molar-refractivity contribution is 0.0347. The predicted octanol–water partition coefficient (Wildman–Crippen LogP) is 5.52. The second-order valence-corrected chi connectivity index (χ2v) is 12.4. The smallest absolute Gasteiger partial charge is 0.259 e. The fraction of sp³-hybridized carbons (Fsp3) is 0.429. The lowest BCUT2D eigenvalue weighted by atomic mass is 9.75. The average Bonchev–Trinajstić information content (AvgIpc) is 3.69. The Kier molecular flexibility index (Phi) is 9.30. The number of fused-ring (bicyclic) bond motifs is 1. The van der Waals surface area contributed by atoms with E-state index in [0.717, 1.165) is 49.2 Å². The average molecular weight is 612 g/mol. The van der Waals surface area contributed by atoms with Crippen LogP contribution in [0.5, 0.6) is 5.75 Å². The van der Waals surface area contributed by atoms with Crippen LogP contribution in [0.1, 0.15) is 69.2 Å². The van der Waals surface area contributed by atoms with Crippen LogP contribution in [0, 0.1) is 19.3 Å². The van der Waals surface area contributed by atoms with E-state index in [0.29, 0.717) is 68.5 Å². The van der Waals surface area contributed by atoms with Crippen molar-refractivity contribution in [2.45, 2.75) is 52.6 Å². The van der Waals surface area contributed by atoms with E-state index in [2.05, 4.69) is 27.3 Å². The van der Waals surface area contributed by atoms with Gasteiger partial charge in [0.2, 0.25) is 0 Å². The molecule has 2 aliphatic heterocycles. The van der Waals surface area contributed by atoms with Gasteiger partial charge in [-0.3, -0.25) is 14.5 Å². The molecule has 0 N–H and O–H groups in total. The summed E-state index contributed by atoms with van der Waals surface area (Å²) in [4.78, 5) is 33.6. The first-order valence-electron chi connectivity index (χ1n) is 15.8. The molecule has 0 atom stereocenters. The number of hydrogen-bond donors (Lipinski definition) is 0. The van der Waals surface area contributed by atoms with Crippen molar-refractivity contribution in [3.63, 3.8) is 0 Å². The standard InChI is InChI=1S/C35H41N5O5/c1-26-21-29(37-44-26)24-38-16-8-13-35(14-17-39(18-15-35)34(42)31-22-36-45-27(31)2)25-43-32-12-7-6-11-30(32)33(41)40(20-19-38)23-28-9-4-3-5-10-28/h3-7,9-12,21-22H,8,13-20,23-25H2,1-2H3. The summed E-state index contributed by atoms with van der Waals surface area (Å²) in [6.45, 7) is 8.64. The highest BCUT2D eigenvalue weighted by atomic mass is 16.5. The van der Waals surface area contributed by atoms with Crippen molar-refractivity contribution in [2.24, 2.45) is 5.41 Å². The fourth-order valence-corrected chi connectivity index (χ4v) is 6.48. The molecule has 0 aliphatic carbocycles. The van der Waals surface area contributed by atoms with Crippen molar-refractivity contribution in [1.29, 1.82) is 0 Å². The number of carbonyl (C=O) groups excluding carboxylic acids is 2. The molecule has 4 aromatic rings. The van der Waals surface area contributed by atoms with E-state index in [-0.39, 0.29) is 17.2 Å². The highest BCUT2D eigenvalue weighted by Gasteiger charge is 2.38. The summed E-state index contributed by atoms with van der Waals surface area (Å²) < 4.78 is 17.1. The van der Waals surface area contributed by atoms with Gasteiger partial charge < -0.3 is 23.6 Å². The third-order valence-electron chi connectivity index (χ3n) is 9.18. The number of nitrogens with zero attached hydrogens (tertiary/aromatic N) is 5. The first-order chi connectivity index (χ1) is 21.9. The SMILES string of the molecule is Cc1cc(CN2CCCC3(CCN(C(=O)c4cnoc4C)CC3)COc3ccccc3C(=O)N(Cc3ccccc3)CC2)no1. The molecule has 2 aliphatic rings. The number of para-hydroxylation sites is 1. The zero-order valence-electron chi connectivity index (χ0n) is 26.1. The van der Waals surface area contributed by atoms with Crippen molar-refractivity contribution in [2.75, 3.05) is 39.3 Å².